The first-order chi connectivity index (χ1) is 6.06. The maximum Gasteiger partial charge on any atom is 0.221 e. The van der Waals surface area contributed by atoms with Crippen molar-refractivity contribution in [3.8, 4) is 0 Å². The predicted molar refractivity (Wildman–Crippen MR) is 52.4 cm³/mol. The molecule has 1 N–H and O–H groups in total. The third-order valence-electron chi connectivity index (χ3n) is 4.09. The van der Waals surface area contributed by atoms with E-state index in [1.807, 2.05) is 0 Å². The Bertz CT molecular complexity index is 226. The van der Waals surface area contributed by atoms with Crippen LogP contribution in [0.1, 0.15) is 52.4 Å². The van der Waals surface area contributed by atoms with Crippen molar-refractivity contribution in [1.29, 1.82) is 0 Å². The number of hydrogen-bond donors (Lipinski definition) is 1. The Morgan fingerprint density at radius 3 is 2.23 bits per heavy atom. The molecule has 2 aliphatic rings. The molecule has 1 aliphatic heterocycles. The molecule has 0 radical (unpaired) electrons. The molecule has 1 amide bonds. The van der Waals surface area contributed by atoms with Gasteiger partial charge < -0.3 is 5.32 Å². The molecule has 1 aliphatic carbocycles. The maximum atomic E-state index is 11.4. The Morgan fingerprint density at radius 1 is 1.15 bits per heavy atom. The fourth-order valence-corrected chi connectivity index (χ4v) is 3.08. The van der Waals surface area contributed by atoms with E-state index in [9.17, 15) is 4.79 Å². The second-order valence-electron chi connectivity index (χ2n) is 5.19. The molecule has 0 aromatic rings. The van der Waals surface area contributed by atoms with Crippen LogP contribution in [0.25, 0.3) is 0 Å². The quantitative estimate of drug-likeness (QED) is 0.610. The van der Waals surface area contributed by atoms with Crippen molar-refractivity contribution in [2.45, 2.75) is 57.9 Å². The smallest absolute Gasteiger partial charge is 0.221 e. The molecular formula is C11H19NO. The van der Waals surface area contributed by atoms with Crippen LogP contribution in [-0.4, -0.2) is 11.4 Å². The molecule has 13 heavy (non-hydrogen) atoms. The number of rotatable bonds is 0. The SMILES string of the molecule is CC1(C)NC(=O)CC12CCCCC2. The van der Waals surface area contributed by atoms with Gasteiger partial charge in [0.15, 0.2) is 0 Å². The summed E-state index contributed by atoms with van der Waals surface area (Å²) in [5.74, 6) is 0.256. The Kier molecular flexibility index (Phi) is 1.90. The van der Waals surface area contributed by atoms with Gasteiger partial charge in [-0.05, 0) is 26.7 Å². The molecular weight excluding hydrogens is 162 g/mol. The molecule has 1 saturated carbocycles. The average Bonchev–Trinajstić information content (AvgIpc) is 2.23. The van der Waals surface area contributed by atoms with Gasteiger partial charge in [0.05, 0.1) is 0 Å². The van der Waals surface area contributed by atoms with Crippen molar-refractivity contribution in [2.75, 3.05) is 0 Å². The fourth-order valence-electron chi connectivity index (χ4n) is 3.08. The van der Waals surface area contributed by atoms with E-state index < -0.39 is 0 Å². The van der Waals surface area contributed by atoms with Gasteiger partial charge in [-0.2, -0.15) is 0 Å². The first-order valence-corrected chi connectivity index (χ1v) is 5.37. The number of hydrogen-bond acceptors (Lipinski definition) is 1. The Morgan fingerprint density at radius 2 is 1.77 bits per heavy atom. The standard InChI is InChI=1S/C11H19NO/c1-10(2)11(8-9(13)12-10)6-4-3-5-7-11/h3-8H2,1-2H3,(H,12,13). The van der Waals surface area contributed by atoms with Crippen LogP contribution in [0.2, 0.25) is 0 Å². The van der Waals surface area contributed by atoms with E-state index in [2.05, 4.69) is 19.2 Å². The molecule has 2 nitrogen and oxygen atoms in total. The van der Waals surface area contributed by atoms with Crippen LogP contribution in [-0.2, 0) is 4.79 Å². The van der Waals surface area contributed by atoms with Crippen molar-refractivity contribution in [2.24, 2.45) is 5.41 Å². The third kappa shape index (κ3) is 1.27. The summed E-state index contributed by atoms with van der Waals surface area (Å²) in [4.78, 5) is 11.4. The monoisotopic (exact) mass is 181 g/mol. The molecule has 1 heterocycles. The summed E-state index contributed by atoms with van der Waals surface area (Å²) in [5.41, 5.74) is 0.312. The number of amides is 1. The summed E-state index contributed by atoms with van der Waals surface area (Å²) in [6.45, 7) is 4.37. The molecule has 2 fully saturated rings. The van der Waals surface area contributed by atoms with E-state index in [1.165, 1.54) is 32.1 Å². The zero-order valence-electron chi connectivity index (χ0n) is 8.65. The highest BCUT2D eigenvalue weighted by atomic mass is 16.2. The van der Waals surface area contributed by atoms with Gasteiger partial charge in [-0.1, -0.05) is 19.3 Å². The highest BCUT2D eigenvalue weighted by molar-refractivity contribution is 5.80. The lowest BCUT2D eigenvalue weighted by molar-refractivity contribution is -0.120. The molecule has 2 rings (SSSR count). The van der Waals surface area contributed by atoms with E-state index in [-0.39, 0.29) is 16.9 Å². The van der Waals surface area contributed by atoms with Crippen molar-refractivity contribution in [3.05, 3.63) is 0 Å². The summed E-state index contributed by atoms with van der Waals surface area (Å²) in [5, 5.41) is 3.11. The maximum absolute atomic E-state index is 11.4. The second kappa shape index (κ2) is 2.73. The van der Waals surface area contributed by atoms with Crippen molar-refractivity contribution < 1.29 is 4.79 Å². The van der Waals surface area contributed by atoms with Crippen molar-refractivity contribution >= 4 is 5.91 Å². The molecule has 0 aromatic carbocycles. The highest BCUT2D eigenvalue weighted by Gasteiger charge is 2.52. The zero-order chi connectivity index (χ0) is 9.53. The van der Waals surface area contributed by atoms with Crippen molar-refractivity contribution in [3.63, 3.8) is 0 Å². The minimum atomic E-state index is 0.0322. The van der Waals surface area contributed by atoms with Gasteiger partial charge >= 0.3 is 0 Å². The van der Waals surface area contributed by atoms with Gasteiger partial charge in [-0.25, -0.2) is 0 Å². The molecule has 0 aromatic heterocycles. The fraction of sp³-hybridized carbons (Fsp3) is 0.909. The molecule has 0 atom stereocenters. The van der Waals surface area contributed by atoms with Crippen LogP contribution in [0.15, 0.2) is 0 Å². The van der Waals surface area contributed by atoms with Gasteiger partial charge in [-0.3, -0.25) is 4.79 Å². The molecule has 1 saturated heterocycles. The van der Waals surface area contributed by atoms with Crippen LogP contribution in [0, 0.1) is 5.41 Å². The van der Waals surface area contributed by atoms with Crippen molar-refractivity contribution in [1.82, 2.24) is 5.32 Å². The van der Waals surface area contributed by atoms with E-state index >= 15 is 0 Å². The van der Waals surface area contributed by atoms with Crippen LogP contribution < -0.4 is 5.32 Å². The molecule has 0 unspecified atom stereocenters. The summed E-state index contributed by atoms with van der Waals surface area (Å²) in [7, 11) is 0. The first kappa shape index (κ1) is 9.04. The summed E-state index contributed by atoms with van der Waals surface area (Å²) < 4.78 is 0. The van der Waals surface area contributed by atoms with Gasteiger partial charge in [0, 0.05) is 17.4 Å². The minimum Gasteiger partial charge on any atom is -0.351 e. The predicted octanol–water partition coefficient (Wildman–Crippen LogP) is 2.24. The lowest BCUT2D eigenvalue weighted by Crippen LogP contribution is -2.47. The number of nitrogens with one attached hydrogen (secondary N) is 1. The van der Waals surface area contributed by atoms with Crippen LogP contribution in [0.5, 0.6) is 0 Å². The first-order valence-electron chi connectivity index (χ1n) is 5.37. The molecule has 74 valence electrons. The van der Waals surface area contributed by atoms with Crippen LogP contribution in [0.4, 0.5) is 0 Å². The minimum absolute atomic E-state index is 0.0322. The van der Waals surface area contributed by atoms with Crippen LogP contribution >= 0.6 is 0 Å². The summed E-state index contributed by atoms with van der Waals surface area (Å²) >= 11 is 0. The van der Waals surface area contributed by atoms with E-state index in [1.54, 1.807) is 0 Å². The average molecular weight is 181 g/mol. The lowest BCUT2D eigenvalue weighted by Gasteiger charge is -2.43. The van der Waals surface area contributed by atoms with Gasteiger partial charge in [-0.15, -0.1) is 0 Å². The summed E-state index contributed by atoms with van der Waals surface area (Å²) in [6, 6.07) is 0. The van der Waals surface area contributed by atoms with E-state index in [0.29, 0.717) is 0 Å². The molecule has 2 heteroatoms. The van der Waals surface area contributed by atoms with Gasteiger partial charge in [0.1, 0.15) is 0 Å². The normalized spacial score (nSPS) is 30.5. The van der Waals surface area contributed by atoms with Gasteiger partial charge in [0.2, 0.25) is 5.91 Å². The largest absolute Gasteiger partial charge is 0.351 e. The third-order valence-corrected chi connectivity index (χ3v) is 4.09. The number of carbonyl (C=O) groups is 1. The zero-order valence-corrected chi connectivity index (χ0v) is 8.65. The number of carbonyl (C=O) groups excluding carboxylic acids is 1. The summed E-state index contributed by atoms with van der Waals surface area (Å²) in [6.07, 6.45) is 7.19. The second-order valence-corrected chi connectivity index (χ2v) is 5.19. The lowest BCUT2D eigenvalue weighted by atomic mass is 9.63. The Labute approximate surface area is 80.1 Å². The van der Waals surface area contributed by atoms with E-state index in [4.69, 9.17) is 0 Å². The van der Waals surface area contributed by atoms with E-state index in [0.717, 1.165) is 6.42 Å². The Balaban J connectivity index is 2.24. The molecule has 0 bridgehead atoms. The molecule has 1 spiro atoms. The van der Waals surface area contributed by atoms with Crippen LogP contribution in [0.3, 0.4) is 0 Å². The highest BCUT2D eigenvalue weighted by Crippen LogP contribution is 2.50. The Hall–Kier alpha value is -0.530. The van der Waals surface area contributed by atoms with Gasteiger partial charge in [0.25, 0.3) is 0 Å². The topological polar surface area (TPSA) is 29.1 Å².